The van der Waals surface area contributed by atoms with Crippen LogP contribution in [0.4, 0.5) is 5.69 Å². The summed E-state index contributed by atoms with van der Waals surface area (Å²) in [6, 6.07) is 9.19. The quantitative estimate of drug-likeness (QED) is 0.762. The third-order valence-corrected chi connectivity index (χ3v) is 3.78. The van der Waals surface area contributed by atoms with Gasteiger partial charge in [-0.05, 0) is 37.3 Å². The van der Waals surface area contributed by atoms with Crippen molar-refractivity contribution >= 4 is 52.4 Å². The second kappa shape index (κ2) is 7.68. The maximum Gasteiger partial charge on any atom is 0.340 e. The van der Waals surface area contributed by atoms with Gasteiger partial charge in [0.15, 0.2) is 0 Å². The molecule has 0 saturated heterocycles. The summed E-state index contributed by atoms with van der Waals surface area (Å²) in [5.74, 6) is -1.11. The number of esters is 1. The number of carbonyl (C=O) groups excluding carboxylic acids is 2. The lowest BCUT2D eigenvalue weighted by molar-refractivity contribution is 0.0527. The zero-order chi connectivity index (χ0) is 17.0. The van der Waals surface area contributed by atoms with E-state index in [-0.39, 0.29) is 33.5 Å². The van der Waals surface area contributed by atoms with E-state index in [0.717, 1.165) is 0 Å². The Hall–Kier alpha value is -1.75. The molecule has 0 saturated carbocycles. The lowest BCUT2D eigenvalue weighted by Crippen LogP contribution is -2.16. The number of halogens is 3. The number of hydrogen-bond donors (Lipinski definition) is 1. The topological polar surface area (TPSA) is 55.4 Å². The maximum absolute atomic E-state index is 12.4. The Labute approximate surface area is 148 Å². The first-order valence-corrected chi connectivity index (χ1v) is 7.79. The van der Waals surface area contributed by atoms with E-state index in [4.69, 9.17) is 39.5 Å². The highest BCUT2D eigenvalue weighted by atomic mass is 35.5. The van der Waals surface area contributed by atoms with Crippen molar-refractivity contribution in [3.63, 3.8) is 0 Å². The summed E-state index contributed by atoms with van der Waals surface area (Å²) >= 11 is 18.0. The van der Waals surface area contributed by atoms with Crippen LogP contribution in [0.5, 0.6) is 0 Å². The summed E-state index contributed by atoms with van der Waals surface area (Å²) in [6.45, 7) is 1.90. The molecule has 7 heteroatoms. The fourth-order valence-corrected chi connectivity index (χ4v) is 2.65. The van der Waals surface area contributed by atoms with Crippen LogP contribution in [0.3, 0.4) is 0 Å². The molecule has 0 spiro atoms. The maximum atomic E-state index is 12.4. The summed E-state index contributed by atoms with van der Waals surface area (Å²) in [5.41, 5.74) is 0.523. The van der Waals surface area contributed by atoms with Gasteiger partial charge in [-0.2, -0.15) is 0 Å². The third kappa shape index (κ3) is 4.16. The molecular weight excluding hydrogens is 361 g/mol. The average molecular weight is 373 g/mol. The predicted octanol–water partition coefficient (Wildman–Crippen LogP) is 5.08. The van der Waals surface area contributed by atoms with E-state index in [1.807, 2.05) is 0 Å². The van der Waals surface area contributed by atoms with E-state index in [2.05, 4.69) is 5.32 Å². The van der Waals surface area contributed by atoms with Crippen molar-refractivity contribution in [3.05, 3.63) is 62.6 Å². The van der Waals surface area contributed by atoms with Gasteiger partial charge in [0.05, 0.1) is 33.5 Å². The lowest BCUT2D eigenvalue weighted by atomic mass is 10.1. The Morgan fingerprint density at radius 3 is 2.35 bits per heavy atom. The van der Waals surface area contributed by atoms with E-state index >= 15 is 0 Å². The summed E-state index contributed by atoms with van der Waals surface area (Å²) in [7, 11) is 0. The Bertz CT molecular complexity index is 742. The van der Waals surface area contributed by atoms with Crippen LogP contribution in [-0.4, -0.2) is 18.5 Å². The fourth-order valence-electron chi connectivity index (χ4n) is 1.91. The fraction of sp³-hybridized carbons (Fsp3) is 0.125. The van der Waals surface area contributed by atoms with Gasteiger partial charge in [0, 0.05) is 5.02 Å². The van der Waals surface area contributed by atoms with Crippen LogP contribution in [0, 0.1) is 0 Å². The average Bonchev–Trinajstić information content (AvgIpc) is 2.47. The van der Waals surface area contributed by atoms with Crippen molar-refractivity contribution < 1.29 is 14.3 Å². The molecule has 120 valence electrons. The molecule has 2 aromatic carbocycles. The zero-order valence-corrected chi connectivity index (χ0v) is 14.3. The van der Waals surface area contributed by atoms with Crippen LogP contribution in [0.25, 0.3) is 0 Å². The Morgan fingerprint density at radius 2 is 1.74 bits per heavy atom. The number of hydrogen-bond acceptors (Lipinski definition) is 3. The Balaban J connectivity index is 2.37. The SMILES string of the molecule is CCOC(=O)c1ccc(Cl)cc1NC(=O)c1c(Cl)cccc1Cl. The molecule has 1 N–H and O–H groups in total. The van der Waals surface area contributed by atoms with Crippen molar-refractivity contribution in [2.75, 3.05) is 11.9 Å². The second-order valence-corrected chi connectivity index (χ2v) is 5.71. The van der Waals surface area contributed by atoms with Crippen LogP contribution in [0.1, 0.15) is 27.6 Å². The van der Waals surface area contributed by atoms with Crippen LogP contribution in [-0.2, 0) is 4.74 Å². The number of rotatable bonds is 4. The van der Waals surface area contributed by atoms with E-state index < -0.39 is 11.9 Å². The molecule has 0 bridgehead atoms. The first-order valence-electron chi connectivity index (χ1n) is 6.66. The third-order valence-electron chi connectivity index (χ3n) is 2.91. The summed E-state index contributed by atoms with van der Waals surface area (Å²) in [6.07, 6.45) is 0. The molecule has 0 atom stereocenters. The number of ether oxygens (including phenoxy) is 1. The summed E-state index contributed by atoms with van der Waals surface area (Å²) in [4.78, 5) is 24.4. The Kier molecular flexibility index (Phi) is 5.88. The molecule has 2 aromatic rings. The monoisotopic (exact) mass is 371 g/mol. The molecule has 0 aliphatic carbocycles. The molecule has 4 nitrogen and oxygen atoms in total. The van der Waals surface area contributed by atoms with Gasteiger partial charge in [-0.25, -0.2) is 4.79 Å². The highest BCUT2D eigenvalue weighted by Crippen LogP contribution is 2.27. The van der Waals surface area contributed by atoms with Gasteiger partial charge in [0.2, 0.25) is 0 Å². The molecule has 2 rings (SSSR count). The molecule has 0 fully saturated rings. The largest absolute Gasteiger partial charge is 0.462 e. The van der Waals surface area contributed by atoms with Gasteiger partial charge in [0.1, 0.15) is 0 Å². The van der Waals surface area contributed by atoms with Gasteiger partial charge in [0.25, 0.3) is 5.91 Å². The van der Waals surface area contributed by atoms with Gasteiger partial charge >= 0.3 is 5.97 Å². The highest BCUT2D eigenvalue weighted by molar-refractivity contribution is 6.40. The van der Waals surface area contributed by atoms with Crippen molar-refractivity contribution in [2.45, 2.75) is 6.92 Å². The van der Waals surface area contributed by atoms with Gasteiger partial charge < -0.3 is 10.1 Å². The highest BCUT2D eigenvalue weighted by Gasteiger charge is 2.19. The van der Waals surface area contributed by atoms with Crippen LogP contribution >= 0.6 is 34.8 Å². The first kappa shape index (κ1) is 17.6. The van der Waals surface area contributed by atoms with Crippen molar-refractivity contribution in [2.24, 2.45) is 0 Å². The lowest BCUT2D eigenvalue weighted by Gasteiger charge is -2.12. The molecule has 0 unspecified atom stereocenters. The van der Waals surface area contributed by atoms with Crippen molar-refractivity contribution in [1.29, 1.82) is 0 Å². The van der Waals surface area contributed by atoms with E-state index in [9.17, 15) is 9.59 Å². The number of anilines is 1. The van der Waals surface area contributed by atoms with Gasteiger partial charge in [-0.1, -0.05) is 40.9 Å². The number of amides is 1. The van der Waals surface area contributed by atoms with E-state index in [1.54, 1.807) is 25.1 Å². The minimum atomic E-state index is -0.565. The summed E-state index contributed by atoms with van der Waals surface area (Å²) < 4.78 is 4.96. The standard InChI is InChI=1S/C16H12Cl3NO3/c1-2-23-16(22)10-7-6-9(17)8-13(10)20-15(21)14-11(18)4-3-5-12(14)19/h3-8H,2H2,1H3,(H,20,21). The molecule has 1 amide bonds. The van der Waals surface area contributed by atoms with E-state index in [1.165, 1.54) is 18.2 Å². The first-order chi connectivity index (χ1) is 10.9. The van der Waals surface area contributed by atoms with Crippen molar-refractivity contribution in [3.8, 4) is 0 Å². The second-order valence-electron chi connectivity index (χ2n) is 4.46. The van der Waals surface area contributed by atoms with Crippen molar-refractivity contribution in [1.82, 2.24) is 0 Å². The number of nitrogens with one attached hydrogen (secondary N) is 1. The smallest absolute Gasteiger partial charge is 0.340 e. The Morgan fingerprint density at radius 1 is 1.09 bits per heavy atom. The molecular formula is C16H12Cl3NO3. The summed E-state index contributed by atoms with van der Waals surface area (Å²) in [5, 5.41) is 3.36. The van der Waals surface area contributed by atoms with Crippen LogP contribution in [0.15, 0.2) is 36.4 Å². The normalized spacial score (nSPS) is 10.3. The predicted molar refractivity (Wildman–Crippen MR) is 91.8 cm³/mol. The van der Waals surface area contributed by atoms with Crippen LogP contribution in [0.2, 0.25) is 15.1 Å². The van der Waals surface area contributed by atoms with Gasteiger partial charge in [-0.3, -0.25) is 4.79 Å². The van der Waals surface area contributed by atoms with Crippen LogP contribution < -0.4 is 5.32 Å². The minimum absolute atomic E-state index is 0.116. The van der Waals surface area contributed by atoms with E-state index in [0.29, 0.717) is 5.02 Å². The molecule has 0 radical (unpaired) electrons. The molecule has 0 aromatic heterocycles. The number of benzene rings is 2. The molecule has 0 aliphatic heterocycles. The molecule has 0 aliphatic rings. The zero-order valence-electron chi connectivity index (χ0n) is 12.0. The van der Waals surface area contributed by atoms with Gasteiger partial charge in [-0.15, -0.1) is 0 Å². The molecule has 0 heterocycles. The molecule has 23 heavy (non-hydrogen) atoms. The minimum Gasteiger partial charge on any atom is -0.462 e. The number of carbonyl (C=O) groups is 2.